The molecule has 1 saturated carbocycles. The Kier molecular flexibility index (Phi) is 3.06. The molecular formula is C12H17ClN2O. The Labute approximate surface area is 101 Å². The first-order chi connectivity index (χ1) is 7.54. The van der Waals surface area contributed by atoms with Crippen LogP contribution in [0.25, 0.3) is 0 Å². The van der Waals surface area contributed by atoms with Crippen LogP contribution in [0.3, 0.4) is 0 Å². The molecule has 0 saturated heterocycles. The monoisotopic (exact) mass is 240 g/mol. The van der Waals surface area contributed by atoms with Crippen molar-refractivity contribution < 1.29 is 4.79 Å². The first-order valence-corrected chi connectivity index (χ1v) is 6.15. The van der Waals surface area contributed by atoms with Crippen LogP contribution < -0.4 is 0 Å². The molecule has 0 bridgehead atoms. The second kappa shape index (κ2) is 4.21. The van der Waals surface area contributed by atoms with Crippen LogP contribution in [0.5, 0.6) is 0 Å². The summed E-state index contributed by atoms with van der Waals surface area (Å²) in [4.78, 5) is 11.9. The first-order valence-electron chi connectivity index (χ1n) is 5.77. The van der Waals surface area contributed by atoms with Crippen molar-refractivity contribution >= 4 is 17.4 Å². The number of halogens is 1. The SMILES string of the molecule is CCc1nn(C)c(CC(=O)C2CC2C)c1Cl. The van der Waals surface area contributed by atoms with Gasteiger partial charge < -0.3 is 0 Å². The zero-order chi connectivity index (χ0) is 11.9. The highest BCUT2D eigenvalue weighted by molar-refractivity contribution is 6.32. The first kappa shape index (κ1) is 11.6. The number of rotatable bonds is 4. The van der Waals surface area contributed by atoms with E-state index in [4.69, 9.17) is 11.6 Å². The summed E-state index contributed by atoms with van der Waals surface area (Å²) in [6.45, 7) is 4.13. The molecule has 0 N–H and O–H groups in total. The molecule has 1 aromatic heterocycles. The molecule has 0 aliphatic heterocycles. The zero-order valence-corrected chi connectivity index (χ0v) is 10.7. The van der Waals surface area contributed by atoms with Crippen molar-refractivity contribution in [3.05, 3.63) is 16.4 Å². The van der Waals surface area contributed by atoms with E-state index in [1.807, 2.05) is 14.0 Å². The maximum absolute atomic E-state index is 11.9. The van der Waals surface area contributed by atoms with Gasteiger partial charge in [-0.25, -0.2) is 0 Å². The minimum atomic E-state index is 0.260. The molecule has 16 heavy (non-hydrogen) atoms. The summed E-state index contributed by atoms with van der Waals surface area (Å²) in [6, 6.07) is 0. The van der Waals surface area contributed by atoms with Crippen LogP contribution in [0.2, 0.25) is 5.02 Å². The van der Waals surface area contributed by atoms with Crippen molar-refractivity contribution in [1.29, 1.82) is 0 Å². The third kappa shape index (κ3) is 2.01. The van der Waals surface area contributed by atoms with Gasteiger partial charge in [-0.2, -0.15) is 5.10 Å². The van der Waals surface area contributed by atoms with E-state index in [0.717, 1.165) is 24.2 Å². The van der Waals surface area contributed by atoms with Crippen molar-refractivity contribution in [3.63, 3.8) is 0 Å². The van der Waals surface area contributed by atoms with E-state index in [1.165, 1.54) is 0 Å². The van der Waals surface area contributed by atoms with E-state index in [2.05, 4.69) is 12.0 Å². The summed E-state index contributed by atoms with van der Waals surface area (Å²) in [7, 11) is 1.85. The molecule has 3 nitrogen and oxygen atoms in total. The number of carbonyl (C=O) groups is 1. The minimum Gasteiger partial charge on any atom is -0.299 e. The van der Waals surface area contributed by atoms with Crippen molar-refractivity contribution in [1.82, 2.24) is 9.78 Å². The van der Waals surface area contributed by atoms with Crippen molar-refractivity contribution in [2.75, 3.05) is 0 Å². The fourth-order valence-corrected chi connectivity index (χ4v) is 2.44. The molecule has 1 aromatic rings. The highest BCUT2D eigenvalue weighted by Crippen LogP contribution is 2.39. The Morgan fingerprint density at radius 3 is 2.69 bits per heavy atom. The lowest BCUT2D eigenvalue weighted by molar-refractivity contribution is -0.119. The molecule has 0 aromatic carbocycles. The number of carbonyl (C=O) groups excluding carboxylic acids is 1. The van der Waals surface area contributed by atoms with Gasteiger partial charge in [0.2, 0.25) is 0 Å². The number of Topliss-reactive ketones (excluding diaryl/α,β-unsaturated/α-hetero) is 1. The minimum absolute atomic E-state index is 0.260. The molecule has 0 radical (unpaired) electrons. The van der Waals surface area contributed by atoms with Gasteiger partial charge in [-0.15, -0.1) is 0 Å². The van der Waals surface area contributed by atoms with Gasteiger partial charge in [-0.3, -0.25) is 9.48 Å². The van der Waals surface area contributed by atoms with Gasteiger partial charge in [0.1, 0.15) is 5.78 Å². The highest BCUT2D eigenvalue weighted by atomic mass is 35.5. The lowest BCUT2D eigenvalue weighted by Crippen LogP contribution is -2.10. The van der Waals surface area contributed by atoms with Crippen molar-refractivity contribution in [2.24, 2.45) is 18.9 Å². The lowest BCUT2D eigenvalue weighted by Gasteiger charge is -2.01. The summed E-state index contributed by atoms with van der Waals surface area (Å²) < 4.78 is 1.74. The van der Waals surface area contributed by atoms with E-state index in [0.29, 0.717) is 23.1 Å². The van der Waals surface area contributed by atoms with Gasteiger partial charge in [0.25, 0.3) is 0 Å². The molecule has 1 fully saturated rings. The molecule has 4 heteroatoms. The Morgan fingerprint density at radius 1 is 1.62 bits per heavy atom. The normalized spacial score (nSPS) is 23.5. The second-order valence-corrected chi connectivity index (χ2v) is 5.03. The molecule has 1 heterocycles. The van der Waals surface area contributed by atoms with E-state index < -0.39 is 0 Å². The van der Waals surface area contributed by atoms with Crippen molar-refractivity contribution in [3.8, 4) is 0 Å². The summed E-state index contributed by atoms with van der Waals surface area (Å²) in [5, 5.41) is 4.99. The molecule has 0 spiro atoms. The Balaban J connectivity index is 2.14. The fraction of sp³-hybridized carbons (Fsp3) is 0.667. The van der Waals surface area contributed by atoms with Crippen LogP contribution in [-0.2, 0) is 24.7 Å². The highest BCUT2D eigenvalue weighted by Gasteiger charge is 2.39. The summed E-state index contributed by atoms with van der Waals surface area (Å²) in [5.74, 6) is 1.13. The molecule has 1 aliphatic rings. The number of aryl methyl sites for hydroxylation is 2. The van der Waals surface area contributed by atoms with Gasteiger partial charge in [-0.1, -0.05) is 25.4 Å². The van der Waals surface area contributed by atoms with E-state index >= 15 is 0 Å². The number of hydrogen-bond donors (Lipinski definition) is 0. The molecule has 2 unspecified atom stereocenters. The maximum Gasteiger partial charge on any atom is 0.142 e. The van der Waals surface area contributed by atoms with Gasteiger partial charge in [-0.05, 0) is 18.8 Å². The summed E-state index contributed by atoms with van der Waals surface area (Å²) in [5.41, 5.74) is 1.75. The largest absolute Gasteiger partial charge is 0.299 e. The topological polar surface area (TPSA) is 34.9 Å². The van der Waals surface area contributed by atoms with Crippen LogP contribution in [0.15, 0.2) is 0 Å². The smallest absolute Gasteiger partial charge is 0.142 e. The Hall–Kier alpha value is -0.830. The van der Waals surface area contributed by atoms with Gasteiger partial charge in [0, 0.05) is 13.0 Å². The van der Waals surface area contributed by atoms with Crippen LogP contribution in [0.4, 0.5) is 0 Å². The number of nitrogens with zero attached hydrogens (tertiary/aromatic N) is 2. The van der Waals surface area contributed by atoms with Crippen LogP contribution >= 0.6 is 11.6 Å². The van der Waals surface area contributed by atoms with Crippen LogP contribution in [0, 0.1) is 11.8 Å². The van der Waals surface area contributed by atoms with Crippen LogP contribution in [0.1, 0.15) is 31.7 Å². The van der Waals surface area contributed by atoms with E-state index in [-0.39, 0.29) is 5.92 Å². The third-order valence-electron chi connectivity index (χ3n) is 3.37. The molecule has 1 aliphatic carbocycles. The van der Waals surface area contributed by atoms with Crippen molar-refractivity contribution in [2.45, 2.75) is 33.1 Å². The van der Waals surface area contributed by atoms with Gasteiger partial charge in [0.15, 0.2) is 0 Å². The number of aromatic nitrogens is 2. The third-order valence-corrected chi connectivity index (χ3v) is 3.80. The predicted molar refractivity (Wildman–Crippen MR) is 63.6 cm³/mol. The van der Waals surface area contributed by atoms with Gasteiger partial charge >= 0.3 is 0 Å². The Morgan fingerprint density at radius 2 is 2.25 bits per heavy atom. The lowest BCUT2D eigenvalue weighted by atomic mass is 10.1. The zero-order valence-electron chi connectivity index (χ0n) is 9.96. The summed E-state index contributed by atoms with van der Waals surface area (Å²) in [6.07, 6.45) is 2.27. The predicted octanol–water partition coefficient (Wildman–Crippen LogP) is 2.40. The average molecular weight is 241 g/mol. The van der Waals surface area contributed by atoms with E-state index in [9.17, 15) is 4.79 Å². The van der Waals surface area contributed by atoms with Crippen LogP contribution in [-0.4, -0.2) is 15.6 Å². The molecular weight excluding hydrogens is 224 g/mol. The fourth-order valence-electron chi connectivity index (χ4n) is 2.08. The summed E-state index contributed by atoms with van der Waals surface area (Å²) >= 11 is 6.20. The Bertz CT molecular complexity index is 425. The second-order valence-electron chi connectivity index (χ2n) is 4.65. The quantitative estimate of drug-likeness (QED) is 0.810. The molecule has 0 amide bonds. The molecule has 2 rings (SSSR count). The molecule has 88 valence electrons. The standard InChI is InChI=1S/C12H17ClN2O/c1-4-9-12(13)10(15(3)14-9)6-11(16)8-5-7(8)2/h7-8H,4-6H2,1-3H3. The number of hydrogen-bond acceptors (Lipinski definition) is 2. The average Bonchev–Trinajstić information content (AvgIpc) is 2.92. The van der Waals surface area contributed by atoms with E-state index in [1.54, 1.807) is 4.68 Å². The van der Waals surface area contributed by atoms with Gasteiger partial charge in [0.05, 0.1) is 22.8 Å². The molecule has 2 atom stereocenters. The maximum atomic E-state index is 11.9. The number of ketones is 1.